The predicted molar refractivity (Wildman–Crippen MR) is 217 cm³/mol. The van der Waals surface area contributed by atoms with Crippen molar-refractivity contribution in [3.63, 3.8) is 0 Å². The van der Waals surface area contributed by atoms with Gasteiger partial charge in [-0.25, -0.2) is 18.2 Å². The van der Waals surface area contributed by atoms with Gasteiger partial charge in [-0.2, -0.15) is 0 Å². The van der Waals surface area contributed by atoms with Gasteiger partial charge in [0.25, 0.3) is 11.8 Å². The molecule has 6 atom stereocenters. The van der Waals surface area contributed by atoms with Gasteiger partial charge in [-0.1, -0.05) is 37.8 Å². The Morgan fingerprint density at radius 2 is 1.78 bits per heavy atom. The highest BCUT2D eigenvalue weighted by Crippen LogP contribution is 2.47. The molecule has 0 bridgehead atoms. The molecular formula is C41H53N7O9S2. The second-order valence-electron chi connectivity index (χ2n) is 17.2. The first kappa shape index (κ1) is 41.2. The van der Waals surface area contributed by atoms with Crippen LogP contribution in [0.2, 0.25) is 0 Å². The number of aromatic nitrogens is 1. The molecule has 3 aliphatic heterocycles. The van der Waals surface area contributed by atoms with E-state index >= 15 is 0 Å². The zero-order chi connectivity index (χ0) is 41.5. The van der Waals surface area contributed by atoms with Crippen LogP contribution in [0, 0.1) is 17.8 Å². The fourth-order valence-electron chi connectivity index (χ4n) is 9.25. The van der Waals surface area contributed by atoms with Crippen LogP contribution >= 0.6 is 11.3 Å². The highest BCUT2D eigenvalue weighted by molar-refractivity contribution is 7.91. The zero-order valence-corrected chi connectivity index (χ0v) is 34.9. The van der Waals surface area contributed by atoms with E-state index in [1.165, 1.54) is 16.2 Å². The van der Waals surface area contributed by atoms with E-state index in [2.05, 4.69) is 20.3 Å². The Morgan fingerprint density at radius 3 is 2.51 bits per heavy atom. The number of hydrogen-bond donors (Lipinski definition) is 4. The normalized spacial score (nSPS) is 29.8. The van der Waals surface area contributed by atoms with Crippen molar-refractivity contribution in [2.24, 2.45) is 23.5 Å². The zero-order valence-electron chi connectivity index (χ0n) is 33.2. The Hall–Kier alpha value is -4.55. The van der Waals surface area contributed by atoms with Crippen molar-refractivity contribution in [2.75, 3.05) is 33.4 Å². The minimum absolute atomic E-state index is 0.0251. The largest absolute Gasteiger partial charge is 0.497 e. The van der Waals surface area contributed by atoms with E-state index in [1.54, 1.807) is 12.0 Å². The number of methoxy groups -OCH3 is 1. The van der Waals surface area contributed by atoms with E-state index in [9.17, 15) is 32.4 Å². The predicted octanol–water partition coefficient (Wildman–Crippen LogP) is 3.09. The van der Waals surface area contributed by atoms with Gasteiger partial charge in [0.15, 0.2) is 5.01 Å². The van der Waals surface area contributed by atoms with Crippen LogP contribution in [-0.4, -0.2) is 115 Å². The number of benzene rings is 1. The van der Waals surface area contributed by atoms with Crippen molar-refractivity contribution in [3.8, 4) is 17.0 Å². The van der Waals surface area contributed by atoms with Crippen molar-refractivity contribution >= 4 is 51.1 Å². The Morgan fingerprint density at radius 1 is 1.02 bits per heavy atom. The molecule has 3 saturated carbocycles. The first-order valence-corrected chi connectivity index (χ1v) is 23.2. The lowest BCUT2D eigenvalue weighted by Gasteiger charge is -2.33. The van der Waals surface area contributed by atoms with E-state index in [0.29, 0.717) is 43.5 Å². The molecule has 1 aromatic heterocycles. The second-order valence-corrected chi connectivity index (χ2v) is 20.0. The fourth-order valence-corrected chi connectivity index (χ4v) is 11.4. The SMILES string of the molecule is COc1ccc(-c2csc(C(=O)N3C[C@H]4CN5C(=O)[C@@H](NC(=O)OCC6(N)CCCC6)CCCCC/C=C\[C@H]6C[C@@]6(C(=O)NS(=O)(=O)C6CC6)NC(=O)[C@@H]5[C@H]4C3)n2)cc1. The summed E-state index contributed by atoms with van der Waals surface area (Å²) in [7, 11) is -2.34. The summed E-state index contributed by atoms with van der Waals surface area (Å²) in [5.74, 6) is -2.75. The Labute approximate surface area is 348 Å². The van der Waals surface area contributed by atoms with E-state index in [-0.39, 0.29) is 49.5 Å². The molecule has 16 nitrogen and oxygen atoms in total. The van der Waals surface area contributed by atoms with Crippen LogP contribution in [-0.2, 0) is 29.1 Å². The molecule has 2 aromatic rings. The van der Waals surface area contributed by atoms with Gasteiger partial charge in [0, 0.05) is 48.3 Å². The van der Waals surface area contributed by atoms with Gasteiger partial charge in [0.05, 0.1) is 23.6 Å². The maximum Gasteiger partial charge on any atom is 0.407 e. The number of nitrogens with one attached hydrogen (secondary N) is 3. The number of ether oxygens (including phenoxy) is 2. The van der Waals surface area contributed by atoms with Crippen LogP contribution in [0.25, 0.3) is 11.3 Å². The fraction of sp³-hybridized carbons (Fsp3) is 0.610. The monoisotopic (exact) mass is 851 g/mol. The molecule has 1 aromatic carbocycles. The number of thiazole rings is 1. The molecule has 2 saturated heterocycles. The molecule has 5 amide bonds. The quantitative estimate of drug-likeness (QED) is 0.269. The molecule has 18 heteroatoms. The molecular weight excluding hydrogens is 799 g/mol. The number of nitrogens with zero attached hydrogens (tertiary/aromatic N) is 3. The van der Waals surface area contributed by atoms with Gasteiger partial charge >= 0.3 is 6.09 Å². The third-order valence-corrected chi connectivity index (χ3v) is 15.6. The van der Waals surface area contributed by atoms with Gasteiger partial charge in [-0.05, 0) is 75.6 Å². The summed E-state index contributed by atoms with van der Waals surface area (Å²) in [5.41, 5.74) is 5.77. The first-order valence-electron chi connectivity index (χ1n) is 20.8. The van der Waals surface area contributed by atoms with Crippen molar-refractivity contribution in [1.82, 2.24) is 30.1 Å². The highest BCUT2D eigenvalue weighted by atomic mass is 32.2. The number of hydrogen-bond acceptors (Lipinski definition) is 12. The number of carbonyl (C=O) groups is 5. The number of fused-ring (bicyclic) bond motifs is 4. The molecule has 3 aliphatic carbocycles. The smallest absolute Gasteiger partial charge is 0.407 e. The number of sulfonamides is 1. The lowest BCUT2D eigenvalue weighted by Crippen LogP contribution is -2.60. The molecule has 318 valence electrons. The number of nitrogens with two attached hydrogens (primary N) is 1. The number of carbonyl (C=O) groups excluding carboxylic acids is 5. The van der Waals surface area contributed by atoms with Crippen LogP contribution in [0.15, 0.2) is 41.8 Å². The molecule has 5 fully saturated rings. The van der Waals surface area contributed by atoms with Gasteiger partial charge in [0.2, 0.25) is 21.8 Å². The molecule has 0 radical (unpaired) electrons. The van der Waals surface area contributed by atoms with Gasteiger partial charge < -0.3 is 35.6 Å². The van der Waals surface area contributed by atoms with E-state index in [4.69, 9.17) is 15.2 Å². The lowest BCUT2D eigenvalue weighted by molar-refractivity contribution is -0.142. The minimum Gasteiger partial charge on any atom is -0.497 e. The molecule has 59 heavy (non-hydrogen) atoms. The first-order chi connectivity index (χ1) is 28.3. The van der Waals surface area contributed by atoms with Crippen molar-refractivity contribution in [2.45, 2.75) is 105 Å². The van der Waals surface area contributed by atoms with Crippen LogP contribution in [0.5, 0.6) is 5.75 Å². The summed E-state index contributed by atoms with van der Waals surface area (Å²) >= 11 is 1.22. The highest BCUT2D eigenvalue weighted by Gasteiger charge is 2.63. The summed E-state index contributed by atoms with van der Waals surface area (Å²) in [5, 5.41) is 7.17. The van der Waals surface area contributed by atoms with Gasteiger partial charge in [-0.15, -0.1) is 11.3 Å². The molecule has 0 unspecified atom stereocenters. The topological polar surface area (TPSA) is 219 Å². The average Bonchev–Trinajstić information content (AvgIpc) is 3.93. The number of amides is 5. The third kappa shape index (κ3) is 8.71. The average molecular weight is 852 g/mol. The standard InChI is InChI=1S/C41H53N7O9S2/c1-56-28-13-11-25(12-14-28)32-23-58-35(43-32)37(51)47-20-26-21-48-33(30(26)22-47)34(49)45-41(38(52)46-59(54,55)29-15-16-29)19-27(41)9-5-3-2-4-6-10-31(36(48)50)44-39(53)57-24-40(42)17-7-8-18-40/h5,9,11-14,23,26-27,29-31,33H,2-4,6-8,10,15-22,24,42H2,1H3,(H,44,53)(H,45,49)(H,46,52)/b9-5-/t26-,27-,30-,31-,33-,41+/m0/s1. The number of rotatable bonds is 9. The molecule has 5 N–H and O–H groups in total. The minimum atomic E-state index is -3.92. The lowest BCUT2D eigenvalue weighted by atomic mass is 9.93. The Kier molecular flexibility index (Phi) is 11.5. The van der Waals surface area contributed by atoms with Crippen molar-refractivity contribution < 1.29 is 41.9 Å². The summed E-state index contributed by atoms with van der Waals surface area (Å²) in [6.45, 7) is 0.541. The van der Waals surface area contributed by atoms with Crippen LogP contribution in [0.1, 0.15) is 86.9 Å². The third-order valence-electron chi connectivity index (χ3n) is 13.0. The van der Waals surface area contributed by atoms with Gasteiger partial charge in [-0.3, -0.25) is 23.9 Å². The number of likely N-dealkylation sites (tertiary alicyclic amines) is 1. The second kappa shape index (κ2) is 16.5. The number of allylic oxidation sites excluding steroid dienone is 1. The van der Waals surface area contributed by atoms with E-state index in [1.807, 2.05) is 41.8 Å². The Balaban J connectivity index is 1.05. The maximum atomic E-state index is 14.7. The molecule has 4 heterocycles. The van der Waals surface area contributed by atoms with E-state index < -0.39 is 74.1 Å². The summed E-state index contributed by atoms with van der Waals surface area (Å²) in [6, 6.07) is 5.23. The molecule has 6 aliphatic rings. The van der Waals surface area contributed by atoms with Crippen LogP contribution < -0.4 is 25.8 Å². The van der Waals surface area contributed by atoms with Crippen molar-refractivity contribution in [1.29, 1.82) is 0 Å². The van der Waals surface area contributed by atoms with E-state index in [0.717, 1.165) is 44.1 Å². The molecule has 0 spiro atoms. The molecule has 8 rings (SSSR count). The van der Waals surface area contributed by atoms with Crippen LogP contribution in [0.3, 0.4) is 0 Å². The van der Waals surface area contributed by atoms with Crippen LogP contribution in [0.4, 0.5) is 4.79 Å². The summed E-state index contributed by atoms with van der Waals surface area (Å²) < 4.78 is 38.9. The summed E-state index contributed by atoms with van der Waals surface area (Å²) in [4.78, 5) is 78.2. The maximum absolute atomic E-state index is 14.7. The van der Waals surface area contributed by atoms with Crippen molar-refractivity contribution in [3.05, 3.63) is 46.8 Å². The number of alkyl carbamates (subject to hydrolysis) is 1. The van der Waals surface area contributed by atoms with Gasteiger partial charge in [0.1, 0.15) is 30.0 Å². The summed E-state index contributed by atoms with van der Waals surface area (Å²) in [6.07, 6.45) is 10.7. The Bertz CT molecular complexity index is 2100.